The molecule has 2 atom stereocenters. The molecular weight excluding hydrogens is 229 g/mol. The number of nitrogens with one attached hydrogen (secondary N) is 1. The summed E-state index contributed by atoms with van der Waals surface area (Å²) in [6.07, 6.45) is 2.20. The van der Waals surface area contributed by atoms with Gasteiger partial charge in [-0.1, -0.05) is 26.0 Å². The van der Waals surface area contributed by atoms with Crippen LogP contribution in [0.1, 0.15) is 26.7 Å². The third-order valence-electron chi connectivity index (χ3n) is 3.44. The number of halogens is 1. The van der Waals surface area contributed by atoms with Gasteiger partial charge in [0.2, 0.25) is 0 Å². The van der Waals surface area contributed by atoms with E-state index in [0.717, 1.165) is 25.9 Å². The number of hydrogen-bond acceptors (Lipinski definition) is 2. The highest BCUT2D eigenvalue weighted by molar-refractivity contribution is 5.24. The number of benzene rings is 1. The van der Waals surface area contributed by atoms with Crippen molar-refractivity contribution >= 4 is 0 Å². The van der Waals surface area contributed by atoms with Crippen molar-refractivity contribution in [3.8, 4) is 5.75 Å². The van der Waals surface area contributed by atoms with Crippen LogP contribution in [0.25, 0.3) is 0 Å². The van der Waals surface area contributed by atoms with E-state index in [1.807, 2.05) is 6.07 Å². The third-order valence-corrected chi connectivity index (χ3v) is 3.44. The van der Waals surface area contributed by atoms with Crippen LogP contribution >= 0.6 is 0 Å². The molecule has 2 rings (SSSR count). The molecule has 1 unspecified atom stereocenters. The first-order valence-corrected chi connectivity index (χ1v) is 6.78. The van der Waals surface area contributed by atoms with Crippen LogP contribution in [0.5, 0.6) is 5.75 Å². The zero-order valence-electron chi connectivity index (χ0n) is 11.2. The topological polar surface area (TPSA) is 21.3 Å². The van der Waals surface area contributed by atoms with Crippen molar-refractivity contribution in [1.29, 1.82) is 0 Å². The smallest absolute Gasteiger partial charge is 0.165 e. The van der Waals surface area contributed by atoms with Gasteiger partial charge in [-0.25, -0.2) is 4.39 Å². The van der Waals surface area contributed by atoms with Crippen LogP contribution in [0.4, 0.5) is 4.39 Å². The van der Waals surface area contributed by atoms with Crippen molar-refractivity contribution in [2.45, 2.75) is 32.8 Å². The Bertz CT molecular complexity index is 375. The van der Waals surface area contributed by atoms with E-state index >= 15 is 0 Å². The Balaban J connectivity index is 2.06. The highest BCUT2D eigenvalue weighted by atomic mass is 19.1. The van der Waals surface area contributed by atoms with Crippen molar-refractivity contribution in [2.75, 3.05) is 13.1 Å². The van der Waals surface area contributed by atoms with Crippen LogP contribution in [0, 0.1) is 17.7 Å². The van der Waals surface area contributed by atoms with Gasteiger partial charge in [0.15, 0.2) is 11.6 Å². The molecule has 1 fully saturated rings. The minimum absolute atomic E-state index is 0.108. The summed E-state index contributed by atoms with van der Waals surface area (Å²) in [5.41, 5.74) is 0. The third kappa shape index (κ3) is 3.45. The average molecular weight is 251 g/mol. The van der Waals surface area contributed by atoms with Gasteiger partial charge in [-0.15, -0.1) is 0 Å². The lowest BCUT2D eigenvalue weighted by molar-refractivity contribution is 0.114. The molecule has 1 saturated heterocycles. The van der Waals surface area contributed by atoms with Gasteiger partial charge in [0, 0.05) is 12.5 Å². The largest absolute Gasteiger partial charge is 0.487 e. The molecule has 0 spiro atoms. The molecule has 1 aliphatic rings. The first-order valence-electron chi connectivity index (χ1n) is 6.78. The molecule has 0 aliphatic carbocycles. The van der Waals surface area contributed by atoms with E-state index in [9.17, 15) is 4.39 Å². The molecule has 1 aliphatic heterocycles. The number of rotatable bonds is 5. The quantitative estimate of drug-likeness (QED) is 0.867. The van der Waals surface area contributed by atoms with Gasteiger partial charge in [0.05, 0.1) is 0 Å². The van der Waals surface area contributed by atoms with Crippen molar-refractivity contribution in [1.82, 2.24) is 5.32 Å². The Hall–Kier alpha value is -1.09. The molecule has 0 bridgehead atoms. The van der Waals surface area contributed by atoms with Crippen LogP contribution in [0.2, 0.25) is 0 Å². The van der Waals surface area contributed by atoms with E-state index in [4.69, 9.17) is 4.74 Å². The Labute approximate surface area is 109 Å². The summed E-state index contributed by atoms with van der Waals surface area (Å²) < 4.78 is 19.6. The van der Waals surface area contributed by atoms with Gasteiger partial charge < -0.3 is 10.1 Å². The highest BCUT2D eigenvalue weighted by Crippen LogP contribution is 2.26. The predicted octanol–water partition coefficient (Wildman–Crippen LogP) is 3.23. The molecule has 3 heteroatoms. The first kappa shape index (κ1) is 13.3. The summed E-state index contributed by atoms with van der Waals surface area (Å²) in [5, 5.41) is 3.35. The molecule has 0 radical (unpaired) electrons. The molecule has 0 amide bonds. The van der Waals surface area contributed by atoms with Crippen molar-refractivity contribution < 1.29 is 9.13 Å². The Morgan fingerprint density at radius 1 is 1.39 bits per heavy atom. The molecule has 2 nitrogen and oxygen atoms in total. The van der Waals surface area contributed by atoms with E-state index in [2.05, 4.69) is 19.2 Å². The predicted molar refractivity (Wildman–Crippen MR) is 71.2 cm³/mol. The van der Waals surface area contributed by atoms with Crippen LogP contribution < -0.4 is 10.1 Å². The minimum Gasteiger partial charge on any atom is -0.487 e. The summed E-state index contributed by atoms with van der Waals surface area (Å²) in [7, 11) is 0. The van der Waals surface area contributed by atoms with Gasteiger partial charge in [-0.2, -0.15) is 0 Å². The minimum atomic E-state index is -0.266. The molecular formula is C15H22FNO. The molecule has 0 saturated carbocycles. The summed E-state index contributed by atoms with van der Waals surface area (Å²) >= 11 is 0. The Kier molecular flexibility index (Phi) is 4.59. The first-order chi connectivity index (χ1) is 8.66. The zero-order chi connectivity index (χ0) is 13.0. The zero-order valence-corrected chi connectivity index (χ0v) is 11.2. The lowest BCUT2D eigenvalue weighted by atomic mass is 9.93. The van der Waals surface area contributed by atoms with E-state index in [1.54, 1.807) is 12.1 Å². The lowest BCUT2D eigenvalue weighted by Crippen LogP contribution is -2.30. The maximum absolute atomic E-state index is 13.6. The van der Waals surface area contributed by atoms with Gasteiger partial charge in [0.1, 0.15) is 6.10 Å². The lowest BCUT2D eigenvalue weighted by Gasteiger charge is -2.26. The SMILES string of the molecule is CC(C)C[C@H](Oc1ccccc1F)C1CCNC1. The fourth-order valence-electron chi connectivity index (χ4n) is 2.50. The molecule has 100 valence electrons. The molecule has 1 aromatic rings. The fraction of sp³-hybridized carbons (Fsp3) is 0.600. The van der Waals surface area contributed by atoms with Crippen LogP contribution in [-0.4, -0.2) is 19.2 Å². The second-order valence-corrected chi connectivity index (χ2v) is 5.47. The van der Waals surface area contributed by atoms with Gasteiger partial charge in [-0.05, 0) is 37.4 Å². The van der Waals surface area contributed by atoms with Crippen LogP contribution in [0.3, 0.4) is 0 Å². The van der Waals surface area contributed by atoms with Crippen molar-refractivity contribution in [3.05, 3.63) is 30.1 Å². The Morgan fingerprint density at radius 3 is 2.78 bits per heavy atom. The molecule has 1 aromatic carbocycles. The second-order valence-electron chi connectivity index (χ2n) is 5.47. The van der Waals surface area contributed by atoms with Crippen LogP contribution in [-0.2, 0) is 0 Å². The van der Waals surface area contributed by atoms with Crippen molar-refractivity contribution in [3.63, 3.8) is 0 Å². The summed E-state index contributed by atoms with van der Waals surface area (Å²) in [5.74, 6) is 1.17. The van der Waals surface area contributed by atoms with Gasteiger partial charge >= 0.3 is 0 Å². The maximum atomic E-state index is 13.6. The van der Waals surface area contributed by atoms with Gasteiger partial charge in [-0.3, -0.25) is 0 Å². The number of para-hydroxylation sites is 1. The average Bonchev–Trinajstić information content (AvgIpc) is 2.84. The van der Waals surface area contributed by atoms with Gasteiger partial charge in [0.25, 0.3) is 0 Å². The summed E-state index contributed by atoms with van der Waals surface area (Å²) in [6.45, 7) is 6.38. The van der Waals surface area contributed by atoms with Crippen LogP contribution in [0.15, 0.2) is 24.3 Å². The summed E-state index contributed by atoms with van der Waals surface area (Å²) in [4.78, 5) is 0. The summed E-state index contributed by atoms with van der Waals surface area (Å²) in [6, 6.07) is 6.67. The Morgan fingerprint density at radius 2 is 2.17 bits per heavy atom. The monoisotopic (exact) mass is 251 g/mol. The highest BCUT2D eigenvalue weighted by Gasteiger charge is 2.27. The number of hydrogen-bond donors (Lipinski definition) is 1. The molecule has 1 N–H and O–H groups in total. The number of ether oxygens (including phenoxy) is 1. The molecule has 1 heterocycles. The maximum Gasteiger partial charge on any atom is 0.165 e. The standard InChI is InChI=1S/C15H22FNO/c1-11(2)9-15(12-7-8-17-10-12)18-14-6-4-3-5-13(14)16/h3-6,11-12,15,17H,7-10H2,1-2H3/t12?,15-/m0/s1. The van der Waals surface area contributed by atoms with Crippen molar-refractivity contribution in [2.24, 2.45) is 11.8 Å². The second kappa shape index (κ2) is 6.19. The van der Waals surface area contributed by atoms with E-state index in [1.165, 1.54) is 6.07 Å². The van der Waals surface area contributed by atoms with E-state index in [0.29, 0.717) is 17.6 Å². The normalized spacial score (nSPS) is 21.2. The molecule has 18 heavy (non-hydrogen) atoms. The fourth-order valence-corrected chi connectivity index (χ4v) is 2.50. The van der Waals surface area contributed by atoms with E-state index < -0.39 is 0 Å². The molecule has 0 aromatic heterocycles. The van der Waals surface area contributed by atoms with E-state index in [-0.39, 0.29) is 11.9 Å².